The molecule has 0 aromatic carbocycles. The molecule has 0 aliphatic carbocycles. The molecule has 1 aliphatic rings. The molecule has 3 unspecified atom stereocenters. The molecule has 2 N–H and O–H groups in total. The maximum atomic E-state index is 9.38. The van der Waals surface area contributed by atoms with Gasteiger partial charge in [-0.15, -0.1) is 0 Å². The second-order valence-electron chi connectivity index (χ2n) is 7.74. The van der Waals surface area contributed by atoms with Gasteiger partial charge in [0.2, 0.25) is 5.71 Å². The minimum absolute atomic E-state index is 0.179. The molecular weight excluding hydrogens is 406 g/mol. The highest BCUT2D eigenvalue weighted by Crippen LogP contribution is 2.30. The SMILES string of the molecule is N#CCC(N=CC(C=N)c1ncnc2[nH]ccc12)C1CCN(c2nc3cccnc3o2)C1. The number of aromatic nitrogens is 5. The first-order valence-electron chi connectivity index (χ1n) is 10.4. The van der Waals surface area contributed by atoms with E-state index < -0.39 is 5.92 Å². The molecule has 0 amide bonds. The van der Waals surface area contributed by atoms with E-state index >= 15 is 0 Å². The predicted molar refractivity (Wildman–Crippen MR) is 120 cm³/mol. The lowest BCUT2D eigenvalue weighted by molar-refractivity contribution is 0.464. The number of hydrogen-bond donors (Lipinski definition) is 2. The summed E-state index contributed by atoms with van der Waals surface area (Å²) < 4.78 is 5.80. The minimum Gasteiger partial charge on any atom is -0.404 e. The fraction of sp³-hybridized carbons (Fsp3) is 0.318. The summed E-state index contributed by atoms with van der Waals surface area (Å²) in [7, 11) is 0. The van der Waals surface area contributed by atoms with Crippen LogP contribution in [0.5, 0.6) is 0 Å². The number of rotatable bonds is 7. The third-order valence-electron chi connectivity index (χ3n) is 5.81. The molecule has 0 bridgehead atoms. The van der Waals surface area contributed by atoms with Crippen LogP contribution in [0.3, 0.4) is 0 Å². The number of nitrogens with one attached hydrogen (secondary N) is 2. The second kappa shape index (κ2) is 8.55. The van der Waals surface area contributed by atoms with Crippen LogP contribution in [0, 0.1) is 22.7 Å². The largest absolute Gasteiger partial charge is 0.404 e. The van der Waals surface area contributed by atoms with Gasteiger partial charge in [-0.25, -0.2) is 15.0 Å². The highest BCUT2D eigenvalue weighted by Gasteiger charge is 2.31. The number of pyridine rings is 1. The Balaban J connectivity index is 1.34. The summed E-state index contributed by atoms with van der Waals surface area (Å²) in [5, 5.41) is 18.1. The second-order valence-corrected chi connectivity index (χ2v) is 7.74. The summed E-state index contributed by atoms with van der Waals surface area (Å²) in [4.78, 5) is 27.2. The summed E-state index contributed by atoms with van der Waals surface area (Å²) in [5.41, 5.74) is 2.69. The highest BCUT2D eigenvalue weighted by atomic mass is 16.4. The fourth-order valence-corrected chi connectivity index (χ4v) is 4.16. The van der Waals surface area contributed by atoms with Crippen molar-refractivity contribution in [3.05, 3.63) is 42.6 Å². The predicted octanol–water partition coefficient (Wildman–Crippen LogP) is 3.11. The van der Waals surface area contributed by atoms with Crippen molar-refractivity contribution in [2.24, 2.45) is 10.9 Å². The third-order valence-corrected chi connectivity index (χ3v) is 5.81. The molecule has 0 radical (unpaired) electrons. The Morgan fingerprint density at radius 3 is 3.16 bits per heavy atom. The standard InChI is InChI=1S/C22H21N9O/c23-6-3-17(27-11-15(10-24)19-16-4-8-25-20(16)29-13-28-19)14-5-9-31(12-14)22-30-18-2-1-7-26-21(18)32-22/h1-2,4,7-8,10-11,13-15,17,24H,3,5,9,12H2,(H,25,28,29). The minimum atomic E-state index is -0.391. The van der Waals surface area contributed by atoms with Crippen molar-refractivity contribution in [2.75, 3.05) is 18.0 Å². The smallest absolute Gasteiger partial charge is 0.299 e. The van der Waals surface area contributed by atoms with Crippen LogP contribution in [0.2, 0.25) is 0 Å². The van der Waals surface area contributed by atoms with Crippen LogP contribution in [-0.4, -0.2) is 56.5 Å². The number of nitriles is 1. The topological polar surface area (TPSA) is 144 Å². The van der Waals surface area contributed by atoms with E-state index in [1.54, 1.807) is 18.6 Å². The molecule has 32 heavy (non-hydrogen) atoms. The van der Waals surface area contributed by atoms with Gasteiger partial charge in [-0.2, -0.15) is 10.2 Å². The Hall–Kier alpha value is -4.13. The van der Waals surface area contributed by atoms with E-state index in [-0.39, 0.29) is 12.0 Å². The monoisotopic (exact) mass is 427 g/mol. The first kappa shape index (κ1) is 19.8. The van der Waals surface area contributed by atoms with Gasteiger partial charge in [0, 0.05) is 49.2 Å². The van der Waals surface area contributed by atoms with E-state index in [1.165, 1.54) is 12.5 Å². The number of H-pyrrole nitrogens is 1. The molecular formula is C22H21N9O. The van der Waals surface area contributed by atoms with Crippen molar-refractivity contribution in [2.45, 2.75) is 24.8 Å². The van der Waals surface area contributed by atoms with Gasteiger partial charge in [0.15, 0.2) is 0 Å². The van der Waals surface area contributed by atoms with Gasteiger partial charge >= 0.3 is 0 Å². The number of nitrogens with zero attached hydrogens (tertiary/aromatic N) is 7. The van der Waals surface area contributed by atoms with Gasteiger partial charge in [0.25, 0.3) is 6.01 Å². The highest BCUT2D eigenvalue weighted by molar-refractivity contribution is 5.94. The lowest BCUT2D eigenvalue weighted by Crippen LogP contribution is -2.25. The quantitative estimate of drug-likeness (QED) is 0.431. The Labute approximate surface area is 183 Å². The Morgan fingerprint density at radius 1 is 1.38 bits per heavy atom. The lowest BCUT2D eigenvalue weighted by Gasteiger charge is -2.18. The van der Waals surface area contributed by atoms with Crippen molar-refractivity contribution in [3.8, 4) is 6.07 Å². The Kier molecular flexibility index (Phi) is 5.29. The van der Waals surface area contributed by atoms with Crippen molar-refractivity contribution >= 4 is 40.7 Å². The first-order valence-corrected chi connectivity index (χ1v) is 10.4. The Morgan fingerprint density at radius 2 is 2.31 bits per heavy atom. The van der Waals surface area contributed by atoms with Gasteiger partial charge < -0.3 is 19.7 Å². The molecule has 5 heterocycles. The molecule has 1 fully saturated rings. The molecule has 4 aromatic rings. The van der Waals surface area contributed by atoms with Gasteiger partial charge in [-0.3, -0.25) is 4.99 Å². The van der Waals surface area contributed by atoms with Crippen molar-refractivity contribution in [3.63, 3.8) is 0 Å². The number of aliphatic imine (C=N–C) groups is 1. The maximum absolute atomic E-state index is 9.38. The molecule has 10 nitrogen and oxygen atoms in total. The van der Waals surface area contributed by atoms with E-state index in [4.69, 9.17) is 14.8 Å². The molecule has 160 valence electrons. The zero-order valence-corrected chi connectivity index (χ0v) is 17.2. The molecule has 1 aliphatic heterocycles. The maximum Gasteiger partial charge on any atom is 0.299 e. The van der Waals surface area contributed by atoms with Crippen LogP contribution in [0.1, 0.15) is 24.5 Å². The summed E-state index contributed by atoms with van der Waals surface area (Å²) in [6.07, 6.45) is 9.19. The van der Waals surface area contributed by atoms with Crippen LogP contribution in [0.25, 0.3) is 22.3 Å². The molecule has 5 rings (SSSR count). The molecule has 0 spiro atoms. The van der Waals surface area contributed by atoms with Crippen molar-refractivity contribution < 1.29 is 4.42 Å². The lowest BCUT2D eigenvalue weighted by atomic mass is 9.96. The van der Waals surface area contributed by atoms with E-state index in [1.807, 2.05) is 18.2 Å². The van der Waals surface area contributed by atoms with Gasteiger partial charge in [-0.05, 0) is 24.6 Å². The zero-order chi connectivity index (χ0) is 21.9. The Bertz CT molecular complexity index is 1280. The van der Waals surface area contributed by atoms with Crippen LogP contribution in [-0.2, 0) is 0 Å². The summed E-state index contributed by atoms with van der Waals surface area (Å²) in [6.45, 7) is 1.47. The molecule has 3 atom stereocenters. The number of aromatic amines is 1. The molecule has 10 heteroatoms. The average molecular weight is 427 g/mol. The van der Waals surface area contributed by atoms with Gasteiger partial charge in [-0.1, -0.05) is 0 Å². The zero-order valence-electron chi connectivity index (χ0n) is 17.2. The number of hydrogen-bond acceptors (Lipinski definition) is 9. The molecule has 1 saturated heterocycles. The summed E-state index contributed by atoms with van der Waals surface area (Å²) in [5.74, 6) is -0.212. The van der Waals surface area contributed by atoms with Crippen LogP contribution in [0.4, 0.5) is 6.01 Å². The number of fused-ring (bicyclic) bond motifs is 2. The number of anilines is 1. The number of oxazole rings is 1. The normalized spacial score (nSPS) is 18.3. The van der Waals surface area contributed by atoms with Gasteiger partial charge in [0.05, 0.1) is 30.1 Å². The summed E-state index contributed by atoms with van der Waals surface area (Å²) >= 11 is 0. The van der Waals surface area contributed by atoms with E-state index in [9.17, 15) is 5.26 Å². The van der Waals surface area contributed by atoms with E-state index in [0.29, 0.717) is 24.7 Å². The van der Waals surface area contributed by atoms with Crippen molar-refractivity contribution in [1.29, 1.82) is 10.7 Å². The average Bonchev–Trinajstić information content (AvgIpc) is 3.57. The van der Waals surface area contributed by atoms with Crippen LogP contribution < -0.4 is 4.90 Å². The first-order chi connectivity index (χ1) is 15.8. The summed E-state index contributed by atoms with van der Waals surface area (Å²) in [6, 6.07) is 8.23. The van der Waals surface area contributed by atoms with Crippen molar-refractivity contribution in [1.82, 2.24) is 24.9 Å². The van der Waals surface area contributed by atoms with E-state index in [2.05, 4.69) is 35.9 Å². The fourth-order valence-electron chi connectivity index (χ4n) is 4.16. The third kappa shape index (κ3) is 3.69. The van der Waals surface area contributed by atoms with Crippen LogP contribution >= 0.6 is 0 Å². The van der Waals surface area contributed by atoms with Gasteiger partial charge in [0.1, 0.15) is 17.5 Å². The molecule has 4 aromatic heterocycles. The van der Waals surface area contributed by atoms with Crippen LogP contribution in [0.15, 0.2) is 46.3 Å². The van der Waals surface area contributed by atoms with E-state index in [0.717, 1.165) is 35.2 Å². The molecule has 0 saturated carbocycles.